The number of rotatable bonds is 7. The highest BCUT2D eigenvalue weighted by atomic mass is 35.5. The Morgan fingerprint density at radius 2 is 1.49 bits per heavy atom. The molecule has 0 N–H and O–H groups in total. The van der Waals surface area contributed by atoms with Crippen molar-refractivity contribution in [3.63, 3.8) is 0 Å². The predicted molar refractivity (Wildman–Crippen MR) is 245 cm³/mol. The van der Waals surface area contributed by atoms with Crippen molar-refractivity contribution < 1.29 is 19.2 Å². The molecule has 7 rings (SSSR count). The molecule has 1 aliphatic heterocycles. The molecule has 13 heteroatoms. The molecule has 4 heterocycles. The maximum Gasteiger partial charge on any atom is 0.270 e. The highest BCUT2D eigenvalue weighted by molar-refractivity contribution is 6.34. The Bertz CT molecular complexity index is 2600. The van der Waals surface area contributed by atoms with Gasteiger partial charge in [0.15, 0.2) is 0 Å². The van der Waals surface area contributed by atoms with E-state index in [1.165, 1.54) is 12.1 Å². The quantitative estimate of drug-likeness (QED) is 0.0883. The number of aromatic nitrogens is 3. The summed E-state index contributed by atoms with van der Waals surface area (Å²) in [6, 6.07) is 32.3. The minimum atomic E-state index is -0.434. The number of carbonyl (C=O) groups is 1. The zero-order chi connectivity index (χ0) is 43.7. The van der Waals surface area contributed by atoms with Gasteiger partial charge in [-0.15, -0.1) is 0 Å². The number of non-ortho nitro benzene ring substituents is 1. The van der Waals surface area contributed by atoms with Gasteiger partial charge in [-0.05, 0) is 117 Å². The molecule has 1 saturated heterocycles. The Morgan fingerprint density at radius 1 is 0.770 bits per heavy atom. The number of methoxy groups -OCH3 is 1. The third-order valence-corrected chi connectivity index (χ3v) is 9.59. The molecule has 0 radical (unpaired) electrons. The summed E-state index contributed by atoms with van der Waals surface area (Å²) in [5.41, 5.74) is 7.86. The number of pyridine rings is 3. The fourth-order valence-electron chi connectivity index (χ4n) is 5.78. The maximum absolute atomic E-state index is 12.8. The SMILES string of the molecule is COc1ccc(C=Cc2cc(Cl)cc(Cl)c2)nc1C.Cc1ccc(C(=O)N2CCOCC2)c(C=Cc2ccccc2Cl)n1.Cc1cccc(C#Cc2cccc([N+](=O)[O-])c2)n1. The molecule has 1 fully saturated rings. The second-order valence-corrected chi connectivity index (χ2v) is 14.7. The first-order valence-electron chi connectivity index (χ1n) is 19.0. The zero-order valence-corrected chi connectivity index (χ0v) is 36.2. The molecule has 0 aliphatic carbocycles. The van der Waals surface area contributed by atoms with Gasteiger partial charge in [0.2, 0.25) is 0 Å². The first-order chi connectivity index (χ1) is 29.4. The van der Waals surface area contributed by atoms with E-state index in [9.17, 15) is 14.9 Å². The van der Waals surface area contributed by atoms with E-state index in [1.54, 1.807) is 31.4 Å². The molecule has 10 nitrogen and oxygen atoms in total. The lowest BCUT2D eigenvalue weighted by molar-refractivity contribution is -0.384. The largest absolute Gasteiger partial charge is 0.495 e. The van der Waals surface area contributed by atoms with E-state index in [0.29, 0.717) is 63.9 Å². The average molecular weight is 875 g/mol. The molecule has 3 aromatic carbocycles. The van der Waals surface area contributed by atoms with Gasteiger partial charge in [-0.2, -0.15) is 0 Å². The second kappa shape index (κ2) is 22.9. The number of ether oxygens (including phenoxy) is 2. The fourth-order valence-corrected chi connectivity index (χ4v) is 6.52. The lowest BCUT2D eigenvalue weighted by atomic mass is 10.1. The minimum absolute atomic E-state index is 0.00962. The van der Waals surface area contributed by atoms with Gasteiger partial charge in [0, 0.05) is 57.2 Å². The number of benzene rings is 3. The highest BCUT2D eigenvalue weighted by Gasteiger charge is 2.21. The van der Waals surface area contributed by atoms with E-state index in [0.717, 1.165) is 39.7 Å². The van der Waals surface area contributed by atoms with Crippen LogP contribution in [0.2, 0.25) is 15.1 Å². The van der Waals surface area contributed by atoms with Crippen molar-refractivity contribution in [2.24, 2.45) is 0 Å². The lowest BCUT2D eigenvalue weighted by Gasteiger charge is -2.27. The number of morpholine rings is 1. The molecule has 1 amide bonds. The summed E-state index contributed by atoms with van der Waals surface area (Å²) in [6.07, 6.45) is 7.57. The number of halogens is 3. The van der Waals surface area contributed by atoms with E-state index in [1.807, 2.05) is 123 Å². The molecule has 0 unspecified atom stereocenters. The molecule has 6 aromatic rings. The molecule has 61 heavy (non-hydrogen) atoms. The number of nitro benzene ring substituents is 1. The van der Waals surface area contributed by atoms with Crippen molar-refractivity contribution in [3.05, 3.63) is 191 Å². The van der Waals surface area contributed by atoms with Crippen LogP contribution in [0.3, 0.4) is 0 Å². The number of nitrogens with zero attached hydrogens (tertiary/aromatic N) is 5. The van der Waals surface area contributed by atoms with E-state index in [4.69, 9.17) is 44.3 Å². The van der Waals surface area contributed by atoms with Gasteiger partial charge < -0.3 is 14.4 Å². The molecular weight excluding hydrogens is 833 g/mol. The molecule has 0 bridgehead atoms. The molecule has 0 spiro atoms. The Hall–Kier alpha value is -6.35. The van der Waals surface area contributed by atoms with Crippen molar-refractivity contribution in [2.45, 2.75) is 20.8 Å². The van der Waals surface area contributed by atoms with Crippen LogP contribution in [0.4, 0.5) is 5.69 Å². The molecule has 0 atom stereocenters. The summed E-state index contributed by atoms with van der Waals surface area (Å²) in [4.78, 5) is 38.0. The molecule has 1 aliphatic rings. The summed E-state index contributed by atoms with van der Waals surface area (Å²) in [6.45, 7) is 8.09. The van der Waals surface area contributed by atoms with Crippen LogP contribution in [0.5, 0.6) is 5.75 Å². The number of aryl methyl sites for hydroxylation is 3. The van der Waals surface area contributed by atoms with Crippen LogP contribution in [0.15, 0.2) is 109 Å². The molecule has 0 saturated carbocycles. The first-order valence-corrected chi connectivity index (χ1v) is 20.1. The van der Waals surface area contributed by atoms with Crippen molar-refractivity contribution in [1.29, 1.82) is 0 Å². The van der Waals surface area contributed by atoms with Gasteiger partial charge in [-0.25, -0.2) is 9.97 Å². The third kappa shape index (κ3) is 14.4. The van der Waals surface area contributed by atoms with Gasteiger partial charge in [0.1, 0.15) is 11.4 Å². The monoisotopic (exact) mass is 873 g/mol. The number of hydrogen-bond acceptors (Lipinski definition) is 8. The summed E-state index contributed by atoms with van der Waals surface area (Å²) in [5, 5.41) is 12.5. The van der Waals surface area contributed by atoms with Crippen LogP contribution in [0, 0.1) is 42.7 Å². The number of hydrogen-bond donors (Lipinski definition) is 0. The van der Waals surface area contributed by atoms with Crippen molar-refractivity contribution >= 4 is 70.7 Å². The van der Waals surface area contributed by atoms with Crippen LogP contribution >= 0.6 is 34.8 Å². The Morgan fingerprint density at radius 3 is 2.18 bits per heavy atom. The summed E-state index contributed by atoms with van der Waals surface area (Å²) in [5.74, 6) is 6.52. The van der Waals surface area contributed by atoms with Crippen LogP contribution < -0.4 is 4.74 Å². The van der Waals surface area contributed by atoms with E-state index in [2.05, 4.69) is 26.8 Å². The standard InChI is InChI=1S/C19H19ClN2O2.C15H13Cl2NO.C14H10N2O2/c1-14-6-8-16(19(23)22-10-12-24-13-11-22)18(21-14)9-7-15-4-2-3-5-17(15)20;1-10-15(19-2)6-5-14(18-10)4-3-11-7-12(16)9-13(17)8-11;1-11-4-2-6-13(15-11)9-8-12-5-3-7-14(10-12)16(17)18/h2-9H,10-13H2,1H3;3-9H,1-2H3;2-7,10H,1H3. The Balaban J connectivity index is 0.000000176. The van der Waals surface area contributed by atoms with Crippen LogP contribution in [0.1, 0.15) is 61.2 Å². The van der Waals surface area contributed by atoms with Gasteiger partial charge in [-0.1, -0.05) is 83.2 Å². The number of carbonyl (C=O) groups excluding carboxylic acids is 1. The van der Waals surface area contributed by atoms with E-state index in [-0.39, 0.29) is 11.6 Å². The summed E-state index contributed by atoms with van der Waals surface area (Å²) < 4.78 is 10.5. The first kappa shape index (κ1) is 45.7. The Labute approximate surface area is 370 Å². The zero-order valence-electron chi connectivity index (χ0n) is 33.9. The minimum Gasteiger partial charge on any atom is -0.495 e. The van der Waals surface area contributed by atoms with Gasteiger partial charge in [-0.3, -0.25) is 19.9 Å². The molecule has 3 aromatic heterocycles. The smallest absolute Gasteiger partial charge is 0.270 e. The maximum atomic E-state index is 12.8. The molecular formula is C48H42Cl3N5O5. The van der Waals surface area contributed by atoms with E-state index >= 15 is 0 Å². The van der Waals surface area contributed by atoms with Gasteiger partial charge in [0.05, 0.1) is 47.9 Å². The van der Waals surface area contributed by atoms with Gasteiger partial charge >= 0.3 is 0 Å². The topological polar surface area (TPSA) is 121 Å². The van der Waals surface area contributed by atoms with Crippen LogP contribution in [-0.4, -0.2) is 64.1 Å². The van der Waals surface area contributed by atoms with Gasteiger partial charge in [0.25, 0.3) is 11.6 Å². The van der Waals surface area contributed by atoms with Crippen molar-refractivity contribution in [2.75, 3.05) is 33.4 Å². The van der Waals surface area contributed by atoms with Crippen molar-refractivity contribution in [3.8, 4) is 17.6 Å². The average Bonchev–Trinajstić information content (AvgIpc) is 3.25. The summed E-state index contributed by atoms with van der Waals surface area (Å²) >= 11 is 18.1. The van der Waals surface area contributed by atoms with E-state index < -0.39 is 4.92 Å². The highest BCUT2D eigenvalue weighted by Crippen LogP contribution is 2.23. The second-order valence-electron chi connectivity index (χ2n) is 13.4. The van der Waals surface area contributed by atoms with Crippen molar-refractivity contribution in [1.82, 2.24) is 19.9 Å². The lowest BCUT2D eigenvalue weighted by Crippen LogP contribution is -2.41. The fraction of sp³-hybridized carbons (Fsp3) is 0.167. The molecule has 310 valence electrons. The van der Waals surface area contributed by atoms with Crippen LogP contribution in [-0.2, 0) is 4.74 Å². The Kier molecular flexibility index (Phi) is 17.1. The number of nitro groups is 1. The third-order valence-electron chi connectivity index (χ3n) is 8.81. The summed E-state index contributed by atoms with van der Waals surface area (Å²) in [7, 11) is 1.63. The number of amides is 1. The van der Waals surface area contributed by atoms with Crippen LogP contribution in [0.25, 0.3) is 24.3 Å². The predicted octanol–water partition coefficient (Wildman–Crippen LogP) is 11.3. The normalized spacial score (nSPS) is 12.1.